The van der Waals surface area contributed by atoms with Crippen molar-refractivity contribution in [2.75, 3.05) is 13.2 Å². The van der Waals surface area contributed by atoms with Crippen LogP contribution in [0.25, 0.3) is 0 Å². The maximum absolute atomic E-state index is 9.90. The SMILES string of the molecule is CC(CC(C)(O)CN)Oc1ccccc1CCO. The number of para-hydroxylation sites is 1. The van der Waals surface area contributed by atoms with Gasteiger partial charge in [0.05, 0.1) is 11.7 Å². The average Bonchev–Trinajstić information content (AvgIpc) is 2.31. The van der Waals surface area contributed by atoms with Crippen molar-refractivity contribution < 1.29 is 14.9 Å². The van der Waals surface area contributed by atoms with Crippen LogP contribution < -0.4 is 10.5 Å². The van der Waals surface area contributed by atoms with Gasteiger partial charge in [0, 0.05) is 19.6 Å². The summed E-state index contributed by atoms with van der Waals surface area (Å²) in [6, 6.07) is 7.61. The summed E-state index contributed by atoms with van der Waals surface area (Å²) in [7, 11) is 0. The quantitative estimate of drug-likeness (QED) is 0.680. The number of rotatable bonds is 7. The highest BCUT2D eigenvalue weighted by Crippen LogP contribution is 2.22. The van der Waals surface area contributed by atoms with E-state index < -0.39 is 5.60 Å². The van der Waals surface area contributed by atoms with E-state index in [4.69, 9.17) is 15.6 Å². The van der Waals surface area contributed by atoms with Gasteiger partial charge in [-0.25, -0.2) is 0 Å². The standard InChI is InChI=1S/C14H23NO3/c1-11(9-14(2,17)10-15)18-13-6-4-3-5-12(13)7-8-16/h3-6,11,16-17H,7-10,15H2,1-2H3. The Bertz CT molecular complexity index is 366. The molecule has 4 heteroatoms. The van der Waals surface area contributed by atoms with Crippen molar-refractivity contribution >= 4 is 0 Å². The van der Waals surface area contributed by atoms with E-state index in [1.54, 1.807) is 6.92 Å². The molecule has 0 radical (unpaired) electrons. The van der Waals surface area contributed by atoms with Crippen LogP contribution >= 0.6 is 0 Å². The molecule has 1 rings (SSSR count). The number of benzene rings is 1. The van der Waals surface area contributed by atoms with Crippen LogP contribution in [0, 0.1) is 0 Å². The van der Waals surface area contributed by atoms with Crippen molar-refractivity contribution in [2.45, 2.75) is 38.4 Å². The van der Waals surface area contributed by atoms with Crippen LogP contribution in [0.3, 0.4) is 0 Å². The summed E-state index contributed by atoms with van der Waals surface area (Å²) >= 11 is 0. The molecular formula is C14H23NO3. The van der Waals surface area contributed by atoms with Gasteiger partial charge >= 0.3 is 0 Å². The average molecular weight is 253 g/mol. The van der Waals surface area contributed by atoms with E-state index in [-0.39, 0.29) is 19.3 Å². The van der Waals surface area contributed by atoms with E-state index in [0.717, 1.165) is 11.3 Å². The van der Waals surface area contributed by atoms with E-state index in [9.17, 15) is 5.11 Å². The molecule has 4 nitrogen and oxygen atoms in total. The summed E-state index contributed by atoms with van der Waals surface area (Å²) in [6.45, 7) is 3.90. The molecule has 4 N–H and O–H groups in total. The van der Waals surface area contributed by atoms with Gasteiger partial charge in [-0.15, -0.1) is 0 Å². The van der Waals surface area contributed by atoms with E-state index in [0.29, 0.717) is 12.8 Å². The number of aliphatic hydroxyl groups excluding tert-OH is 1. The Morgan fingerprint density at radius 3 is 2.67 bits per heavy atom. The van der Waals surface area contributed by atoms with Crippen LogP contribution in [-0.2, 0) is 6.42 Å². The van der Waals surface area contributed by atoms with Crippen LogP contribution in [0.4, 0.5) is 0 Å². The molecule has 1 aromatic rings. The minimum atomic E-state index is -0.911. The van der Waals surface area contributed by atoms with Gasteiger partial charge in [-0.05, 0) is 31.9 Å². The predicted octanol–water partition coefficient (Wildman–Crippen LogP) is 1.09. The Balaban J connectivity index is 2.66. The summed E-state index contributed by atoms with van der Waals surface area (Å²) in [5.74, 6) is 0.756. The first-order valence-corrected chi connectivity index (χ1v) is 6.26. The Morgan fingerprint density at radius 1 is 1.39 bits per heavy atom. The fourth-order valence-electron chi connectivity index (χ4n) is 1.91. The first-order valence-electron chi connectivity index (χ1n) is 6.26. The van der Waals surface area contributed by atoms with Gasteiger partial charge in [-0.2, -0.15) is 0 Å². The summed E-state index contributed by atoms with van der Waals surface area (Å²) in [5.41, 5.74) is 5.55. The third-order valence-corrected chi connectivity index (χ3v) is 2.85. The summed E-state index contributed by atoms with van der Waals surface area (Å²) < 4.78 is 5.81. The second-order valence-corrected chi connectivity index (χ2v) is 4.91. The first kappa shape index (κ1) is 15.0. The highest BCUT2D eigenvalue weighted by atomic mass is 16.5. The van der Waals surface area contributed by atoms with Gasteiger partial charge in [0.15, 0.2) is 0 Å². The van der Waals surface area contributed by atoms with Gasteiger partial charge in [-0.3, -0.25) is 0 Å². The second-order valence-electron chi connectivity index (χ2n) is 4.91. The zero-order chi connectivity index (χ0) is 13.6. The minimum absolute atomic E-state index is 0.0925. The highest BCUT2D eigenvalue weighted by Gasteiger charge is 2.22. The molecule has 18 heavy (non-hydrogen) atoms. The van der Waals surface area contributed by atoms with E-state index in [1.165, 1.54) is 0 Å². The number of aliphatic hydroxyl groups is 2. The molecule has 0 aliphatic carbocycles. The number of hydrogen-bond acceptors (Lipinski definition) is 4. The largest absolute Gasteiger partial charge is 0.490 e. The molecule has 0 saturated heterocycles. The molecular weight excluding hydrogens is 230 g/mol. The van der Waals surface area contributed by atoms with Gasteiger partial charge in [0.25, 0.3) is 0 Å². The number of hydrogen-bond donors (Lipinski definition) is 3. The first-order chi connectivity index (χ1) is 8.48. The van der Waals surface area contributed by atoms with Crippen LogP contribution in [0.1, 0.15) is 25.8 Å². The topological polar surface area (TPSA) is 75.7 Å². The summed E-state index contributed by atoms with van der Waals surface area (Å²) in [5, 5.41) is 18.9. The Hall–Kier alpha value is -1.10. The Labute approximate surface area is 108 Å². The van der Waals surface area contributed by atoms with Gasteiger partial charge in [0.2, 0.25) is 0 Å². The summed E-state index contributed by atoms with van der Waals surface area (Å²) in [6.07, 6.45) is 0.899. The molecule has 0 heterocycles. The molecule has 0 fully saturated rings. The maximum atomic E-state index is 9.90. The van der Waals surface area contributed by atoms with Crippen LogP contribution in [0.5, 0.6) is 5.75 Å². The third kappa shape index (κ3) is 4.64. The van der Waals surface area contributed by atoms with Gasteiger partial charge in [-0.1, -0.05) is 18.2 Å². The van der Waals surface area contributed by atoms with Crippen LogP contribution in [0.2, 0.25) is 0 Å². The fourth-order valence-corrected chi connectivity index (χ4v) is 1.91. The van der Waals surface area contributed by atoms with Crippen LogP contribution in [0.15, 0.2) is 24.3 Å². The monoisotopic (exact) mass is 253 g/mol. The lowest BCUT2D eigenvalue weighted by Crippen LogP contribution is -2.38. The minimum Gasteiger partial charge on any atom is -0.490 e. The predicted molar refractivity (Wildman–Crippen MR) is 71.6 cm³/mol. The maximum Gasteiger partial charge on any atom is 0.122 e. The van der Waals surface area contributed by atoms with Crippen molar-refractivity contribution in [3.63, 3.8) is 0 Å². The van der Waals surface area contributed by atoms with Crippen molar-refractivity contribution in [3.05, 3.63) is 29.8 Å². The second kappa shape index (κ2) is 6.73. The molecule has 102 valence electrons. The molecule has 0 amide bonds. The third-order valence-electron chi connectivity index (χ3n) is 2.85. The van der Waals surface area contributed by atoms with E-state index in [2.05, 4.69) is 0 Å². The van der Waals surface area contributed by atoms with Crippen LogP contribution in [-0.4, -0.2) is 35.1 Å². The van der Waals surface area contributed by atoms with Crippen molar-refractivity contribution in [1.82, 2.24) is 0 Å². The normalized spacial score (nSPS) is 16.1. The molecule has 2 unspecified atom stereocenters. The highest BCUT2D eigenvalue weighted by molar-refractivity contribution is 5.33. The van der Waals surface area contributed by atoms with E-state index in [1.807, 2.05) is 31.2 Å². The van der Waals surface area contributed by atoms with E-state index >= 15 is 0 Å². The lowest BCUT2D eigenvalue weighted by molar-refractivity contribution is 0.0234. The zero-order valence-corrected chi connectivity index (χ0v) is 11.1. The number of ether oxygens (including phenoxy) is 1. The van der Waals surface area contributed by atoms with Crippen molar-refractivity contribution in [3.8, 4) is 5.75 Å². The lowest BCUT2D eigenvalue weighted by atomic mass is 9.99. The fraction of sp³-hybridized carbons (Fsp3) is 0.571. The van der Waals surface area contributed by atoms with Crippen molar-refractivity contribution in [2.24, 2.45) is 5.73 Å². The Morgan fingerprint density at radius 2 is 2.06 bits per heavy atom. The molecule has 0 saturated carbocycles. The Kier molecular flexibility index (Phi) is 5.59. The smallest absolute Gasteiger partial charge is 0.122 e. The van der Waals surface area contributed by atoms with Gasteiger partial charge < -0.3 is 20.7 Å². The molecule has 1 aromatic carbocycles. The number of nitrogens with two attached hydrogens (primary N) is 1. The zero-order valence-electron chi connectivity index (χ0n) is 11.1. The molecule has 0 bridgehead atoms. The molecule has 0 spiro atoms. The van der Waals surface area contributed by atoms with Crippen molar-refractivity contribution in [1.29, 1.82) is 0 Å². The van der Waals surface area contributed by atoms with Gasteiger partial charge in [0.1, 0.15) is 5.75 Å². The molecule has 0 aromatic heterocycles. The lowest BCUT2D eigenvalue weighted by Gasteiger charge is -2.26. The molecule has 0 aliphatic heterocycles. The molecule has 0 aliphatic rings. The molecule has 2 atom stereocenters. The summed E-state index contributed by atoms with van der Waals surface area (Å²) in [4.78, 5) is 0.